The van der Waals surface area contributed by atoms with Crippen LogP contribution in [0.2, 0.25) is 0 Å². The third-order valence-electron chi connectivity index (χ3n) is 3.56. The summed E-state index contributed by atoms with van der Waals surface area (Å²) in [5, 5.41) is 4.72. The molecule has 1 heterocycles. The molecule has 0 amide bonds. The standard InChI is InChI=1S/C19H11N.Y/c1-2-6-18-14(4-1)5-3-7-19(18)16-8-9-17-13-20-11-10-15(17)12-16;/h1-6,9-13H;/q-2;. The zero-order valence-corrected chi connectivity index (χ0v) is 14.2. The van der Waals surface area contributed by atoms with Crippen LogP contribution < -0.4 is 0 Å². The molecule has 4 rings (SSSR count). The summed E-state index contributed by atoms with van der Waals surface area (Å²) in [7, 11) is 0. The molecular formula is C19H11NY-2. The van der Waals surface area contributed by atoms with Gasteiger partial charge in [0.15, 0.2) is 0 Å². The van der Waals surface area contributed by atoms with Crippen LogP contribution in [0.3, 0.4) is 0 Å². The molecule has 1 nitrogen and oxygen atoms in total. The molecule has 2 heteroatoms. The molecule has 3 aromatic carbocycles. The van der Waals surface area contributed by atoms with Crippen molar-refractivity contribution < 1.29 is 32.7 Å². The van der Waals surface area contributed by atoms with Gasteiger partial charge in [-0.1, -0.05) is 29.7 Å². The van der Waals surface area contributed by atoms with Gasteiger partial charge in [0.25, 0.3) is 0 Å². The Balaban J connectivity index is 0.00000132. The predicted molar refractivity (Wildman–Crippen MR) is 82.4 cm³/mol. The van der Waals surface area contributed by atoms with Crippen LogP contribution in [0.1, 0.15) is 0 Å². The maximum Gasteiger partial charge on any atom is 0.0248 e. The van der Waals surface area contributed by atoms with E-state index in [1.165, 1.54) is 16.2 Å². The largest absolute Gasteiger partial charge is 0.274 e. The molecule has 97 valence electrons. The molecule has 0 unspecified atom stereocenters. The van der Waals surface area contributed by atoms with Crippen molar-refractivity contribution >= 4 is 21.5 Å². The van der Waals surface area contributed by atoms with Gasteiger partial charge in [0, 0.05) is 38.9 Å². The summed E-state index contributed by atoms with van der Waals surface area (Å²) >= 11 is 0. The zero-order chi connectivity index (χ0) is 13.4. The van der Waals surface area contributed by atoms with Crippen molar-refractivity contribution in [1.82, 2.24) is 4.98 Å². The van der Waals surface area contributed by atoms with E-state index >= 15 is 0 Å². The quantitative estimate of drug-likeness (QED) is 0.459. The number of fused-ring (bicyclic) bond motifs is 2. The van der Waals surface area contributed by atoms with Gasteiger partial charge in [-0.05, 0) is 6.20 Å². The maximum atomic E-state index is 4.14. The average Bonchev–Trinajstić information content (AvgIpc) is 2.54. The van der Waals surface area contributed by atoms with Gasteiger partial charge in [-0.25, -0.2) is 11.1 Å². The zero-order valence-electron chi connectivity index (χ0n) is 11.4. The Hall–Kier alpha value is -1.57. The summed E-state index contributed by atoms with van der Waals surface area (Å²) < 4.78 is 0. The molecule has 0 spiro atoms. The van der Waals surface area contributed by atoms with Crippen molar-refractivity contribution in [2.24, 2.45) is 0 Å². The second-order valence-electron chi connectivity index (χ2n) is 4.79. The summed E-state index contributed by atoms with van der Waals surface area (Å²) in [5.41, 5.74) is 2.17. The number of rotatable bonds is 1. The van der Waals surface area contributed by atoms with Crippen molar-refractivity contribution in [3.8, 4) is 11.1 Å². The van der Waals surface area contributed by atoms with Gasteiger partial charge in [-0.15, -0.1) is 34.4 Å². The van der Waals surface area contributed by atoms with Crippen LogP contribution in [0.5, 0.6) is 0 Å². The summed E-state index contributed by atoms with van der Waals surface area (Å²) in [6, 6.07) is 25.3. The predicted octanol–water partition coefficient (Wildman–Crippen LogP) is 4.65. The van der Waals surface area contributed by atoms with Crippen LogP contribution in [0.15, 0.2) is 67.0 Å². The second kappa shape index (κ2) is 6.05. The monoisotopic (exact) mass is 342 g/mol. The Labute approximate surface area is 148 Å². The van der Waals surface area contributed by atoms with Crippen molar-refractivity contribution in [3.05, 3.63) is 79.1 Å². The van der Waals surface area contributed by atoms with E-state index in [2.05, 4.69) is 53.5 Å². The molecule has 0 saturated carbocycles. The molecule has 0 aliphatic heterocycles. The van der Waals surface area contributed by atoms with E-state index in [9.17, 15) is 0 Å². The molecule has 1 radical (unpaired) electrons. The van der Waals surface area contributed by atoms with Gasteiger partial charge in [0.2, 0.25) is 0 Å². The third-order valence-corrected chi connectivity index (χ3v) is 3.56. The summed E-state index contributed by atoms with van der Waals surface area (Å²) in [6.45, 7) is 0. The Morgan fingerprint density at radius 1 is 0.857 bits per heavy atom. The van der Waals surface area contributed by atoms with E-state index in [0.29, 0.717) is 0 Å². The van der Waals surface area contributed by atoms with Gasteiger partial charge in [-0.3, -0.25) is 4.98 Å². The van der Waals surface area contributed by atoms with Crippen LogP contribution in [-0.4, -0.2) is 4.98 Å². The molecular weight excluding hydrogens is 331 g/mol. The molecule has 4 aromatic rings. The molecule has 0 bridgehead atoms. The Morgan fingerprint density at radius 2 is 1.76 bits per heavy atom. The van der Waals surface area contributed by atoms with E-state index in [-0.39, 0.29) is 32.7 Å². The SMILES string of the molecule is [Y].[c-]1cc2cnccc2cc1-c1[c-]ccc2ccccc12. The number of hydrogen-bond acceptors (Lipinski definition) is 1. The van der Waals surface area contributed by atoms with Crippen LogP contribution in [0.25, 0.3) is 32.7 Å². The molecule has 1 aromatic heterocycles. The minimum atomic E-state index is 0. The number of nitrogens with zero attached hydrogens (tertiary/aromatic N) is 1. The number of pyridine rings is 1. The number of aromatic nitrogens is 1. The summed E-state index contributed by atoms with van der Waals surface area (Å²) in [5.74, 6) is 0. The minimum Gasteiger partial charge on any atom is -0.274 e. The van der Waals surface area contributed by atoms with Gasteiger partial charge >= 0.3 is 0 Å². The molecule has 0 aliphatic rings. The van der Waals surface area contributed by atoms with Crippen molar-refractivity contribution in [2.45, 2.75) is 0 Å². The summed E-state index contributed by atoms with van der Waals surface area (Å²) in [6.07, 6.45) is 3.68. The van der Waals surface area contributed by atoms with Gasteiger partial charge in [0.1, 0.15) is 0 Å². The van der Waals surface area contributed by atoms with E-state index in [1.54, 1.807) is 0 Å². The molecule has 0 atom stereocenters. The molecule has 0 N–H and O–H groups in total. The van der Waals surface area contributed by atoms with Crippen molar-refractivity contribution in [1.29, 1.82) is 0 Å². The van der Waals surface area contributed by atoms with E-state index < -0.39 is 0 Å². The second-order valence-corrected chi connectivity index (χ2v) is 4.79. The first-order valence-electron chi connectivity index (χ1n) is 6.57. The normalized spacial score (nSPS) is 10.5. The smallest absolute Gasteiger partial charge is 0.0248 e. The van der Waals surface area contributed by atoms with Crippen molar-refractivity contribution in [3.63, 3.8) is 0 Å². The fraction of sp³-hybridized carbons (Fsp3) is 0. The Bertz CT molecular complexity index is 910. The van der Waals surface area contributed by atoms with Crippen LogP contribution in [0, 0.1) is 12.1 Å². The van der Waals surface area contributed by atoms with Gasteiger partial charge < -0.3 is 0 Å². The fourth-order valence-electron chi connectivity index (χ4n) is 2.55. The average molecular weight is 342 g/mol. The first-order chi connectivity index (χ1) is 9.92. The first kappa shape index (κ1) is 14.4. The molecule has 0 fully saturated rings. The van der Waals surface area contributed by atoms with Crippen LogP contribution >= 0.6 is 0 Å². The molecule has 0 saturated heterocycles. The first-order valence-corrected chi connectivity index (χ1v) is 6.57. The number of hydrogen-bond donors (Lipinski definition) is 0. The van der Waals surface area contributed by atoms with Gasteiger partial charge in [0.05, 0.1) is 0 Å². The van der Waals surface area contributed by atoms with Gasteiger partial charge in [-0.2, -0.15) is 24.3 Å². The fourth-order valence-corrected chi connectivity index (χ4v) is 2.55. The van der Waals surface area contributed by atoms with Crippen molar-refractivity contribution in [2.75, 3.05) is 0 Å². The van der Waals surface area contributed by atoms with E-state index in [1.807, 2.05) is 30.6 Å². The maximum absolute atomic E-state index is 4.14. The Kier molecular flexibility index (Phi) is 4.14. The van der Waals surface area contributed by atoms with Crippen LogP contribution in [0.4, 0.5) is 0 Å². The molecule has 0 aliphatic carbocycles. The third kappa shape index (κ3) is 2.64. The minimum absolute atomic E-state index is 0. The Morgan fingerprint density at radius 3 is 2.71 bits per heavy atom. The van der Waals surface area contributed by atoms with E-state index in [0.717, 1.165) is 16.5 Å². The summed E-state index contributed by atoms with van der Waals surface area (Å²) in [4.78, 5) is 4.14. The van der Waals surface area contributed by atoms with E-state index in [4.69, 9.17) is 0 Å². The number of benzene rings is 3. The topological polar surface area (TPSA) is 12.9 Å². The van der Waals surface area contributed by atoms with Crippen LogP contribution in [-0.2, 0) is 32.7 Å². The molecule has 21 heavy (non-hydrogen) atoms.